The van der Waals surface area contributed by atoms with Crippen LogP contribution in [0.3, 0.4) is 0 Å². The zero-order valence-corrected chi connectivity index (χ0v) is 8.82. The Morgan fingerprint density at radius 2 is 2.53 bits per heavy atom. The van der Waals surface area contributed by atoms with Crippen LogP contribution in [0.4, 0.5) is 0 Å². The Bertz CT molecular complexity index is 317. The molecule has 0 saturated carbocycles. The summed E-state index contributed by atoms with van der Waals surface area (Å²) in [5, 5.41) is 6.08. The van der Waals surface area contributed by atoms with Gasteiger partial charge in [-0.1, -0.05) is 6.92 Å². The second-order valence-corrected chi connectivity index (χ2v) is 4.06. The van der Waals surface area contributed by atoms with E-state index in [0.717, 1.165) is 18.7 Å². The van der Waals surface area contributed by atoms with Crippen LogP contribution in [0, 0.1) is 11.8 Å². The average Bonchev–Trinajstić information content (AvgIpc) is 2.63. The van der Waals surface area contributed by atoms with E-state index in [2.05, 4.69) is 10.6 Å². The summed E-state index contributed by atoms with van der Waals surface area (Å²) >= 11 is 0. The van der Waals surface area contributed by atoms with Gasteiger partial charge >= 0.3 is 0 Å². The van der Waals surface area contributed by atoms with Crippen LogP contribution in [0.15, 0.2) is 23.0 Å². The van der Waals surface area contributed by atoms with E-state index in [1.165, 1.54) is 0 Å². The molecule has 2 heterocycles. The number of hydrogen-bond acceptors (Lipinski definition) is 3. The second kappa shape index (κ2) is 4.49. The Hall–Kier alpha value is -1.29. The van der Waals surface area contributed by atoms with Crippen molar-refractivity contribution in [1.82, 2.24) is 10.6 Å². The summed E-state index contributed by atoms with van der Waals surface area (Å²) in [5.74, 6) is 0.718. The summed E-state index contributed by atoms with van der Waals surface area (Å²) in [6.07, 6.45) is 3.26. The molecular formula is C11H16N2O2. The largest absolute Gasteiger partial charge is 0.472 e. The van der Waals surface area contributed by atoms with Crippen molar-refractivity contribution in [2.45, 2.75) is 13.5 Å². The van der Waals surface area contributed by atoms with Crippen LogP contribution >= 0.6 is 0 Å². The van der Waals surface area contributed by atoms with Crippen molar-refractivity contribution < 1.29 is 9.21 Å². The van der Waals surface area contributed by atoms with Gasteiger partial charge in [-0.3, -0.25) is 4.79 Å². The van der Waals surface area contributed by atoms with E-state index >= 15 is 0 Å². The Labute approximate surface area is 89.0 Å². The number of nitrogens with one attached hydrogen (secondary N) is 2. The summed E-state index contributed by atoms with van der Waals surface area (Å²) in [5.41, 5.74) is 1.00. The van der Waals surface area contributed by atoms with E-state index in [1.54, 1.807) is 12.5 Å². The molecule has 1 saturated heterocycles. The van der Waals surface area contributed by atoms with Crippen LogP contribution in [0.25, 0.3) is 0 Å². The molecule has 1 fully saturated rings. The fraction of sp³-hybridized carbons (Fsp3) is 0.545. The minimum absolute atomic E-state index is 0.0955. The monoisotopic (exact) mass is 208 g/mol. The van der Waals surface area contributed by atoms with Crippen LogP contribution in [0.2, 0.25) is 0 Å². The van der Waals surface area contributed by atoms with Crippen LogP contribution in [0.1, 0.15) is 12.5 Å². The van der Waals surface area contributed by atoms with Gasteiger partial charge in [0.2, 0.25) is 5.91 Å². The molecule has 0 aliphatic carbocycles. The van der Waals surface area contributed by atoms with Crippen LogP contribution < -0.4 is 10.6 Å². The summed E-state index contributed by atoms with van der Waals surface area (Å²) < 4.78 is 4.93. The summed E-state index contributed by atoms with van der Waals surface area (Å²) in [7, 11) is 0. The predicted molar refractivity (Wildman–Crippen MR) is 56.1 cm³/mol. The first kappa shape index (κ1) is 10.2. The van der Waals surface area contributed by atoms with E-state index in [9.17, 15) is 4.79 Å². The van der Waals surface area contributed by atoms with Crippen LogP contribution in [0.5, 0.6) is 0 Å². The molecule has 0 bridgehead atoms. The molecule has 0 spiro atoms. The van der Waals surface area contributed by atoms with Crippen LogP contribution in [-0.2, 0) is 11.3 Å². The van der Waals surface area contributed by atoms with Gasteiger partial charge in [0.05, 0.1) is 12.5 Å². The standard InChI is InChI=1S/C11H16N2O2/c1-8(10-5-12-6-10)11(14)13-4-9-2-3-15-7-9/h2-3,7-8,10,12H,4-6H2,1H3,(H,13,14). The Morgan fingerprint density at radius 3 is 3.07 bits per heavy atom. The van der Waals surface area contributed by atoms with Crippen molar-refractivity contribution in [3.63, 3.8) is 0 Å². The molecule has 0 aromatic carbocycles. The van der Waals surface area contributed by atoms with Crippen molar-refractivity contribution in [2.24, 2.45) is 11.8 Å². The van der Waals surface area contributed by atoms with Gasteiger partial charge in [-0.25, -0.2) is 0 Å². The number of furan rings is 1. The molecule has 1 unspecified atom stereocenters. The highest BCUT2D eigenvalue weighted by atomic mass is 16.3. The lowest BCUT2D eigenvalue weighted by Gasteiger charge is -2.31. The molecule has 2 rings (SSSR count). The van der Waals surface area contributed by atoms with E-state index < -0.39 is 0 Å². The molecule has 2 N–H and O–H groups in total. The Kier molecular flexibility index (Phi) is 3.06. The van der Waals surface area contributed by atoms with Gasteiger partial charge in [0.25, 0.3) is 0 Å². The molecule has 1 aliphatic rings. The van der Waals surface area contributed by atoms with Crippen LogP contribution in [-0.4, -0.2) is 19.0 Å². The van der Waals surface area contributed by atoms with Gasteiger partial charge in [0.15, 0.2) is 0 Å². The molecule has 4 nitrogen and oxygen atoms in total. The highest BCUT2D eigenvalue weighted by molar-refractivity contribution is 5.78. The van der Waals surface area contributed by atoms with E-state index in [-0.39, 0.29) is 11.8 Å². The quantitative estimate of drug-likeness (QED) is 0.767. The fourth-order valence-corrected chi connectivity index (χ4v) is 1.62. The van der Waals surface area contributed by atoms with E-state index in [1.807, 2.05) is 13.0 Å². The SMILES string of the molecule is CC(C(=O)NCc1ccoc1)C1CNC1. The van der Waals surface area contributed by atoms with Gasteiger partial charge in [-0.15, -0.1) is 0 Å². The van der Waals surface area contributed by atoms with Crippen molar-refractivity contribution >= 4 is 5.91 Å². The first-order chi connectivity index (χ1) is 7.27. The topological polar surface area (TPSA) is 54.3 Å². The van der Waals surface area contributed by atoms with Crippen molar-refractivity contribution in [3.05, 3.63) is 24.2 Å². The van der Waals surface area contributed by atoms with E-state index in [4.69, 9.17) is 4.42 Å². The van der Waals surface area contributed by atoms with Gasteiger partial charge in [0.1, 0.15) is 0 Å². The number of carbonyl (C=O) groups is 1. The van der Waals surface area contributed by atoms with Gasteiger partial charge in [-0.2, -0.15) is 0 Å². The molecule has 1 aromatic heterocycles. The zero-order valence-electron chi connectivity index (χ0n) is 8.82. The van der Waals surface area contributed by atoms with E-state index in [0.29, 0.717) is 12.5 Å². The molecule has 1 amide bonds. The summed E-state index contributed by atoms with van der Waals surface area (Å²) in [6, 6.07) is 1.86. The Balaban J connectivity index is 1.76. The molecule has 1 atom stereocenters. The predicted octanol–water partition coefficient (Wildman–Crippen LogP) is 0.751. The number of hydrogen-bond donors (Lipinski definition) is 2. The fourth-order valence-electron chi connectivity index (χ4n) is 1.62. The number of amides is 1. The molecule has 1 aliphatic heterocycles. The van der Waals surface area contributed by atoms with Gasteiger partial charge in [0, 0.05) is 18.0 Å². The van der Waals surface area contributed by atoms with Gasteiger partial charge < -0.3 is 15.1 Å². The maximum atomic E-state index is 11.7. The molecular weight excluding hydrogens is 192 g/mol. The minimum Gasteiger partial charge on any atom is -0.472 e. The molecule has 4 heteroatoms. The maximum absolute atomic E-state index is 11.7. The summed E-state index contributed by atoms with van der Waals surface area (Å²) in [4.78, 5) is 11.7. The molecule has 15 heavy (non-hydrogen) atoms. The third kappa shape index (κ3) is 2.39. The third-order valence-electron chi connectivity index (χ3n) is 2.98. The van der Waals surface area contributed by atoms with Crippen molar-refractivity contribution in [3.8, 4) is 0 Å². The first-order valence-corrected chi connectivity index (χ1v) is 5.27. The van der Waals surface area contributed by atoms with Crippen molar-refractivity contribution in [2.75, 3.05) is 13.1 Å². The zero-order chi connectivity index (χ0) is 10.7. The maximum Gasteiger partial charge on any atom is 0.223 e. The smallest absolute Gasteiger partial charge is 0.223 e. The minimum atomic E-state index is 0.0955. The van der Waals surface area contributed by atoms with Crippen molar-refractivity contribution in [1.29, 1.82) is 0 Å². The lowest BCUT2D eigenvalue weighted by atomic mass is 9.88. The molecule has 0 radical (unpaired) electrons. The Morgan fingerprint density at radius 1 is 1.73 bits per heavy atom. The lowest BCUT2D eigenvalue weighted by molar-refractivity contribution is -0.126. The lowest BCUT2D eigenvalue weighted by Crippen LogP contribution is -2.49. The second-order valence-electron chi connectivity index (χ2n) is 4.06. The number of rotatable bonds is 4. The highest BCUT2D eigenvalue weighted by Gasteiger charge is 2.28. The summed E-state index contributed by atoms with van der Waals surface area (Å²) in [6.45, 7) is 4.45. The average molecular weight is 208 g/mol. The third-order valence-corrected chi connectivity index (χ3v) is 2.98. The highest BCUT2D eigenvalue weighted by Crippen LogP contribution is 2.15. The first-order valence-electron chi connectivity index (χ1n) is 5.27. The number of carbonyl (C=O) groups excluding carboxylic acids is 1. The molecule has 1 aromatic rings. The molecule has 82 valence electrons. The van der Waals surface area contributed by atoms with Gasteiger partial charge in [-0.05, 0) is 25.1 Å². The normalized spacial score (nSPS) is 18.2.